The molecule has 5 aromatic rings. The fraction of sp³-hybridized carbons (Fsp3) is 0.107. The third-order valence-corrected chi connectivity index (χ3v) is 6.38. The summed E-state index contributed by atoms with van der Waals surface area (Å²) in [6, 6.07) is 25.8. The Labute approximate surface area is 210 Å². The summed E-state index contributed by atoms with van der Waals surface area (Å²) in [5, 5.41) is 4.32. The molecule has 0 spiro atoms. The molecule has 7 heteroatoms. The highest BCUT2D eigenvalue weighted by Gasteiger charge is 2.25. The first kappa shape index (κ1) is 22.8. The minimum atomic E-state index is -0.957. The largest absolute Gasteiger partial charge is 0.449 e. The topological polar surface area (TPSA) is 81.4 Å². The number of carbonyl (C=O) groups excluding carboxylic acids is 2. The van der Waals surface area contributed by atoms with E-state index in [1.54, 1.807) is 25.1 Å². The number of nitrogens with one attached hydrogen (secondary N) is 1. The second-order valence-corrected chi connectivity index (χ2v) is 8.82. The summed E-state index contributed by atoms with van der Waals surface area (Å²) in [5.41, 5.74) is 3.02. The second-order valence-electron chi connectivity index (χ2n) is 7.97. The molecule has 4 aromatic carbocycles. The Kier molecular flexibility index (Phi) is 6.33. The van der Waals surface area contributed by atoms with E-state index in [2.05, 4.69) is 26.2 Å². The number of rotatable bonds is 6. The summed E-state index contributed by atoms with van der Waals surface area (Å²) >= 11 is 3.42. The zero-order valence-electron chi connectivity index (χ0n) is 18.8. The van der Waals surface area contributed by atoms with Gasteiger partial charge in [-0.15, -0.1) is 0 Å². The van der Waals surface area contributed by atoms with Crippen LogP contribution >= 0.6 is 15.9 Å². The third kappa shape index (κ3) is 4.55. The van der Waals surface area contributed by atoms with Gasteiger partial charge in [0.15, 0.2) is 11.7 Å². The molecule has 35 heavy (non-hydrogen) atoms. The molecule has 0 bridgehead atoms. The van der Waals surface area contributed by atoms with E-state index in [0.717, 1.165) is 15.4 Å². The van der Waals surface area contributed by atoms with Crippen LogP contribution in [0.2, 0.25) is 0 Å². The van der Waals surface area contributed by atoms with Gasteiger partial charge in [0.25, 0.3) is 5.91 Å². The molecule has 1 N–H and O–H groups in total. The van der Waals surface area contributed by atoms with E-state index >= 15 is 0 Å². The van der Waals surface area contributed by atoms with Gasteiger partial charge >= 0.3 is 5.97 Å². The lowest BCUT2D eigenvalue weighted by atomic mass is 9.99. The van der Waals surface area contributed by atoms with Gasteiger partial charge in [-0.05, 0) is 64.1 Å². The molecule has 1 aromatic heterocycles. The fourth-order valence-electron chi connectivity index (χ4n) is 3.97. The number of ether oxygens (including phenoxy) is 1. The molecule has 6 nitrogen and oxygen atoms in total. The SMILES string of the molecule is CCC(OC(=O)c1cccc2cccc(-c3nc4ccccc4o3)c12)C(=O)Nc1ccccc1Br. The lowest BCUT2D eigenvalue weighted by Crippen LogP contribution is -2.32. The second kappa shape index (κ2) is 9.72. The van der Waals surface area contributed by atoms with Gasteiger partial charge in [-0.2, -0.15) is 0 Å². The lowest BCUT2D eigenvalue weighted by Gasteiger charge is -2.17. The van der Waals surface area contributed by atoms with Gasteiger partial charge in [0.05, 0.1) is 11.3 Å². The molecular formula is C28H21BrN2O4. The lowest BCUT2D eigenvalue weighted by molar-refractivity contribution is -0.124. The van der Waals surface area contributed by atoms with Crippen LogP contribution in [-0.2, 0) is 9.53 Å². The standard InChI is InChI=1S/C28H21BrN2O4/c1-2-23(26(32)30-21-14-4-3-13-20(21)29)35-28(33)19-12-8-10-17-9-7-11-18(25(17)19)27-31-22-15-5-6-16-24(22)34-27/h3-16,23H,2H2,1H3,(H,30,32). The van der Waals surface area contributed by atoms with E-state index in [0.29, 0.717) is 40.1 Å². The summed E-state index contributed by atoms with van der Waals surface area (Å²) in [6.45, 7) is 1.80. The van der Waals surface area contributed by atoms with Gasteiger partial charge in [-0.1, -0.05) is 55.5 Å². The van der Waals surface area contributed by atoms with Crippen LogP contribution in [0.15, 0.2) is 93.8 Å². The van der Waals surface area contributed by atoms with Crippen LogP contribution < -0.4 is 5.32 Å². The highest BCUT2D eigenvalue weighted by molar-refractivity contribution is 9.10. The van der Waals surface area contributed by atoms with Gasteiger partial charge in [0.2, 0.25) is 5.89 Å². The smallest absolute Gasteiger partial charge is 0.339 e. The number of nitrogens with zero attached hydrogens (tertiary/aromatic N) is 1. The number of oxazole rings is 1. The molecule has 0 saturated heterocycles. The predicted molar refractivity (Wildman–Crippen MR) is 139 cm³/mol. The average molecular weight is 529 g/mol. The zero-order valence-corrected chi connectivity index (χ0v) is 20.4. The van der Waals surface area contributed by atoms with Crippen molar-refractivity contribution < 1.29 is 18.7 Å². The van der Waals surface area contributed by atoms with Crippen LogP contribution in [0, 0.1) is 0 Å². The Balaban J connectivity index is 1.48. The monoisotopic (exact) mass is 528 g/mol. The van der Waals surface area contributed by atoms with Crippen LogP contribution in [0.1, 0.15) is 23.7 Å². The van der Waals surface area contributed by atoms with Crippen LogP contribution in [0.3, 0.4) is 0 Å². The van der Waals surface area contributed by atoms with Crippen LogP contribution in [0.25, 0.3) is 33.3 Å². The van der Waals surface area contributed by atoms with Crippen molar-refractivity contribution in [1.29, 1.82) is 0 Å². The van der Waals surface area contributed by atoms with Gasteiger partial charge < -0.3 is 14.5 Å². The summed E-state index contributed by atoms with van der Waals surface area (Å²) < 4.78 is 12.4. The Bertz CT molecular complexity index is 1520. The van der Waals surface area contributed by atoms with Crippen molar-refractivity contribution in [2.45, 2.75) is 19.4 Å². The zero-order chi connectivity index (χ0) is 24.4. The van der Waals surface area contributed by atoms with Crippen molar-refractivity contribution in [3.05, 3.63) is 95.0 Å². The Morgan fingerprint density at radius 3 is 2.49 bits per heavy atom. The minimum Gasteiger partial charge on any atom is -0.449 e. The first-order valence-corrected chi connectivity index (χ1v) is 12.0. The number of esters is 1. The van der Waals surface area contributed by atoms with E-state index in [-0.39, 0.29) is 0 Å². The van der Waals surface area contributed by atoms with Crippen LogP contribution in [-0.4, -0.2) is 23.0 Å². The van der Waals surface area contributed by atoms with Gasteiger partial charge in [0, 0.05) is 15.4 Å². The summed E-state index contributed by atoms with van der Waals surface area (Å²) in [6.07, 6.45) is -0.633. The van der Waals surface area contributed by atoms with Crippen LogP contribution in [0.5, 0.6) is 0 Å². The molecule has 174 valence electrons. The highest BCUT2D eigenvalue weighted by atomic mass is 79.9. The number of fused-ring (bicyclic) bond motifs is 2. The minimum absolute atomic E-state index is 0.324. The Hall–Kier alpha value is -3.97. The number of amides is 1. The van der Waals surface area contributed by atoms with Crippen molar-refractivity contribution in [2.75, 3.05) is 5.32 Å². The fourth-order valence-corrected chi connectivity index (χ4v) is 4.35. The quantitative estimate of drug-likeness (QED) is 0.240. The van der Waals surface area contributed by atoms with Crippen molar-refractivity contribution in [3.8, 4) is 11.5 Å². The van der Waals surface area contributed by atoms with Crippen LogP contribution in [0.4, 0.5) is 5.69 Å². The average Bonchev–Trinajstić information content (AvgIpc) is 3.32. The number of halogens is 1. The molecule has 5 rings (SSSR count). The molecule has 1 atom stereocenters. The molecule has 1 amide bonds. The van der Waals surface area contributed by atoms with Crippen molar-refractivity contribution in [2.24, 2.45) is 0 Å². The predicted octanol–water partition coefficient (Wildman–Crippen LogP) is 6.98. The molecule has 0 aliphatic rings. The third-order valence-electron chi connectivity index (χ3n) is 5.69. The first-order valence-electron chi connectivity index (χ1n) is 11.2. The maximum atomic E-state index is 13.3. The van der Waals surface area contributed by atoms with E-state index in [9.17, 15) is 9.59 Å². The highest BCUT2D eigenvalue weighted by Crippen LogP contribution is 2.33. The molecule has 1 unspecified atom stereocenters. The summed E-state index contributed by atoms with van der Waals surface area (Å²) in [5.74, 6) is -0.573. The molecule has 1 heterocycles. The number of para-hydroxylation sites is 3. The summed E-state index contributed by atoms with van der Waals surface area (Å²) in [7, 11) is 0. The number of hydrogen-bond donors (Lipinski definition) is 1. The number of carbonyl (C=O) groups is 2. The molecule has 0 radical (unpaired) electrons. The summed E-state index contributed by atoms with van der Waals surface area (Å²) in [4.78, 5) is 30.8. The normalized spacial score (nSPS) is 11.9. The van der Waals surface area contributed by atoms with E-state index < -0.39 is 18.0 Å². The molecule has 0 aliphatic carbocycles. The number of aromatic nitrogens is 1. The van der Waals surface area contributed by atoms with E-state index in [4.69, 9.17) is 9.15 Å². The number of benzene rings is 4. The van der Waals surface area contributed by atoms with Gasteiger partial charge in [-0.25, -0.2) is 9.78 Å². The van der Waals surface area contributed by atoms with Crippen molar-refractivity contribution in [1.82, 2.24) is 4.98 Å². The maximum Gasteiger partial charge on any atom is 0.339 e. The van der Waals surface area contributed by atoms with Gasteiger partial charge in [0.1, 0.15) is 5.52 Å². The Morgan fingerprint density at radius 1 is 0.971 bits per heavy atom. The molecular weight excluding hydrogens is 508 g/mol. The van der Waals surface area contributed by atoms with E-state index in [1.807, 2.05) is 66.7 Å². The maximum absolute atomic E-state index is 13.3. The number of hydrogen-bond acceptors (Lipinski definition) is 5. The molecule has 0 fully saturated rings. The molecule has 0 saturated carbocycles. The van der Waals surface area contributed by atoms with Crippen molar-refractivity contribution in [3.63, 3.8) is 0 Å². The number of anilines is 1. The van der Waals surface area contributed by atoms with Crippen molar-refractivity contribution >= 4 is 55.4 Å². The van der Waals surface area contributed by atoms with E-state index in [1.165, 1.54) is 0 Å². The molecule has 0 aliphatic heterocycles. The van der Waals surface area contributed by atoms with Gasteiger partial charge in [-0.3, -0.25) is 4.79 Å². The first-order chi connectivity index (χ1) is 17.0. The Morgan fingerprint density at radius 2 is 1.71 bits per heavy atom.